The van der Waals surface area contributed by atoms with Crippen molar-refractivity contribution in [2.45, 2.75) is 25.6 Å². The van der Waals surface area contributed by atoms with Gasteiger partial charge in [-0.15, -0.1) is 0 Å². The van der Waals surface area contributed by atoms with Crippen molar-refractivity contribution in [1.82, 2.24) is 0 Å². The van der Waals surface area contributed by atoms with E-state index in [0.717, 1.165) is 9.13 Å². The minimum atomic E-state index is -0.764. The fraction of sp³-hybridized carbons (Fsp3) is 0.400. The van der Waals surface area contributed by atoms with Crippen molar-refractivity contribution in [3.05, 3.63) is 33.4 Å². The lowest BCUT2D eigenvalue weighted by molar-refractivity contribution is 0.0164. The van der Waals surface area contributed by atoms with Crippen molar-refractivity contribution in [2.75, 3.05) is 0 Å². The van der Waals surface area contributed by atoms with Crippen LogP contribution in [-0.2, 0) is 0 Å². The Hall–Kier alpha value is -0.130. The maximum Gasteiger partial charge on any atom is 0.105 e. The predicted molar refractivity (Wildman–Crippen MR) is 60.4 cm³/mol. The van der Waals surface area contributed by atoms with Gasteiger partial charge < -0.3 is 10.2 Å². The molecule has 1 aromatic rings. The minimum absolute atomic E-state index is 0.562. The zero-order valence-electron chi connectivity index (χ0n) is 7.44. The summed E-state index contributed by atoms with van der Waals surface area (Å²) in [5.41, 5.74) is 0.779. The summed E-state index contributed by atoms with van der Waals surface area (Å²) < 4.78 is 1.07. The highest BCUT2D eigenvalue weighted by Gasteiger charge is 2.15. The molecule has 2 N–H and O–H groups in total. The second kappa shape index (κ2) is 4.93. The van der Waals surface area contributed by atoms with Crippen LogP contribution in [0.1, 0.15) is 25.0 Å². The molecule has 0 radical (unpaired) electrons. The van der Waals surface area contributed by atoms with Gasteiger partial charge in [0, 0.05) is 3.57 Å². The Morgan fingerprint density at radius 2 is 2.08 bits per heavy atom. The van der Waals surface area contributed by atoms with Gasteiger partial charge in [0.1, 0.15) is 6.10 Å². The lowest BCUT2D eigenvalue weighted by Gasteiger charge is -2.16. The van der Waals surface area contributed by atoms with Crippen molar-refractivity contribution < 1.29 is 10.2 Å². The third-order valence-corrected chi connectivity index (χ3v) is 2.64. The Morgan fingerprint density at radius 3 is 2.62 bits per heavy atom. The van der Waals surface area contributed by atoms with E-state index in [1.54, 1.807) is 0 Å². The molecule has 0 amide bonds. The van der Waals surface area contributed by atoms with Crippen LogP contribution in [0, 0.1) is 3.57 Å². The van der Waals surface area contributed by atoms with Crippen LogP contribution in [0.25, 0.3) is 0 Å². The quantitative estimate of drug-likeness (QED) is 0.838. The molecule has 1 rings (SSSR count). The Bertz CT molecular complexity index is 275. The predicted octanol–water partition coefficient (Wildman–Crippen LogP) is 2.10. The summed E-state index contributed by atoms with van der Waals surface area (Å²) in [4.78, 5) is 0. The lowest BCUT2D eigenvalue weighted by Crippen LogP contribution is -2.16. The Morgan fingerprint density at radius 1 is 1.38 bits per heavy atom. The van der Waals surface area contributed by atoms with Crippen molar-refractivity contribution in [3.8, 4) is 0 Å². The molecule has 0 saturated carbocycles. The molecule has 0 aromatic heterocycles. The molecule has 0 spiro atoms. The van der Waals surface area contributed by atoms with Crippen LogP contribution in [-0.4, -0.2) is 16.3 Å². The third-order valence-electron chi connectivity index (χ3n) is 1.97. The van der Waals surface area contributed by atoms with Crippen LogP contribution in [0.4, 0.5) is 0 Å². The van der Waals surface area contributed by atoms with Gasteiger partial charge in [-0.25, -0.2) is 0 Å². The molecule has 0 heterocycles. The van der Waals surface area contributed by atoms with Crippen molar-refractivity contribution >= 4 is 22.6 Å². The first kappa shape index (κ1) is 10.9. The molecule has 0 saturated heterocycles. The van der Waals surface area contributed by atoms with E-state index in [-0.39, 0.29) is 0 Å². The third kappa shape index (κ3) is 2.93. The molecule has 0 bridgehead atoms. The van der Waals surface area contributed by atoms with Gasteiger partial charge in [-0.1, -0.05) is 19.1 Å². The van der Waals surface area contributed by atoms with Crippen LogP contribution >= 0.6 is 22.6 Å². The number of aliphatic hydroxyl groups excluding tert-OH is 2. The van der Waals surface area contributed by atoms with Gasteiger partial charge in [0.05, 0.1) is 6.10 Å². The topological polar surface area (TPSA) is 40.5 Å². The van der Waals surface area contributed by atoms with E-state index < -0.39 is 12.2 Å². The zero-order valence-corrected chi connectivity index (χ0v) is 9.60. The van der Waals surface area contributed by atoms with E-state index in [2.05, 4.69) is 22.6 Å². The minimum Gasteiger partial charge on any atom is -0.390 e. The number of rotatable bonds is 3. The molecular weight excluding hydrogens is 279 g/mol. The number of hydrogen-bond acceptors (Lipinski definition) is 2. The zero-order chi connectivity index (χ0) is 9.84. The SMILES string of the molecule is CCC(O)[C@@H](O)c1cccc(I)c1. The highest BCUT2D eigenvalue weighted by atomic mass is 127. The second-order valence-electron chi connectivity index (χ2n) is 2.98. The fourth-order valence-corrected chi connectivity index (χ4v) is 1.70. The van der Waals surface area contributed by atoms with Gasteiger partial charge in [-0.3, -0.25) is 0 Å². The van der Waals surface area contributed by atoms with Crippen molar-refractivity contribution in [1.29, 1.82) is 0 Å². The highest BCUT2D eigenvalue weighted by molar-refractivity contribution is 14.1. The molecule has 2 nitrogen and oxygen atoms in total. The smallest absolute Gasteiger partial charge is 0.105 e. The van der Waals surface area contributed by atoms with Crippen LogP contribution < -0.4 is 0 Å². The summed E-state index contributed by atoms with van der Waals surface area (Å²) in [6.07, 6.45) is -0.870. The summed E-state index contributed by atoms with van der Waals surface area (Å²) in [7, 11) is 0. The molecule has 1 aromatic carbocycles. The Labute approximate surface area is 91.7 Å². The van der Waals surface area contributed by atoms with E-state index in [4.69, 9.17) is 0 Å². The standard InChI is InChI=1S/C10H13IO2/c1-2-9(12)10(13)7-4-3-5-8(11)6-7/h3-6,9-10,12-13H,2H2,1H3/t9?,10-/m0/s1. The van der Waals surface area contributed by atoms with Crippen LogP contribution in [0.5, 0.6) is 0 Å². The average molecular weight is 292 g/mol. The lowest BCUT2D eigenvalue weighted by atomic mass is 10.0. The van der Waals surface area contributed by atoms with Crippen LogP contribution in [0.2, 0.25) is 0 Å². The molecule has 3 heteroatoms. The molecule has 72 valence electrons. The molecule has 1 unspecified atom stereocenters. The first-order chi connectivity index (χ1) is 6.15. The maximum atomic E-state index is 9.66. The van der Waals surface area contributed by atoms with E-state index in [1.807, 2.05) is 31.2 Å². The van der Waals surface area contributed by atoms with Crippen LogP contribution in [0.3, 0.4) is 0 Å². The van der Waals surface area contributed by atoms with Crippen LogP contribution in [0.15, 0.2) is 24.3 Å². The monoisotopic (exact) mass is 292 g/mol. The van der Waals surface area contributed by atoms with Crippen molar-refractivity contribution in [2.24, 2.45) is 0 Å². The molecule has 2 atom stereocenters. The number of benzene rings is 1. The van der Waals surface area contributed by atoms with Crippen molar-refractivity contribution in [3.63, 3.8) is 0 Å². The van der Waals surface area contributed by atoms with Gasteiger partial charge in [-0.05, 0) is 46.7 Å². The van der Waals surface area contributed by atoms with Gasteiger partial charge in [0.2, 0.25) is 0 Å². The summed E-state index contributed by atoms with van der Waals surface area (Å²) in [6, 6.07) is 7.54. The maximum absolute atomic E-state index is 9.66. The average Bonchev–Trinajstić information content (AvgIpc) is 2.15. The summed E-state index contributed by atoms with van der Waals surface area (Å²) >= 11 is 2.18. The number of aliphatic hydroxyl groups is 2. The molecule has 0 aliphatic heterocycles. The van der Waals surface area contributed by atoms with Gasteiger partial charge in [0.25, 0.3) is 0 Å². The summed E-state index contributed by atoms with van der Waals surface area (Å²) in [5.74, 6) is 0. The van der Waals surface area contributed by atoms with E-state index in [0.29, 0.717) is 6.42 Å². The van der Waals surface area contributed by atoms with Gasteiger partial charge in [0.15, 0.2) is 0 Å². The normalized spacial score (nSPS) is 15.4. The number of halogens is 1. The van der Waals surface area contributed by atoms with Gasteiger partial charge >= 0.3 is 0 Å². The fourth-order valence-electron chi connectivity index (χ4n) is 1.14. The molecule has 0 aliphatic carbocycles. The molecule has 13 heavy (non-hydrogen) atoms. The van der Waals surface area contributed by atoms with E-state index in [9.17, 15) is 10.2 Å². The first-order valence-electron chi connectivity index (χ1n) is 4.26. The Balaban J connectivity index is 2.82. The Kier molecular flexibility index (Phi) is 4.15. The summed E-state index contributed by atoms with van der Waals surface area (Å²) in [6.45, 7) is 1.85. The first-order valence-corrected chi connectivity index (χ1v) is 5.34. The molecular formula is C10H13IO2. The molecule has 0 fully saturated rings. The summed E-state index contributed by atoms with van der Waals surface area (Å²) in [5, 5.41) is 19.1. The van der Waals surface area contributed by atoms with E-state index in [1.165, 1.54) is 0 Å². The largest absolute Gasteiger partial charge is 0.390 e. The van der Waals surface area contributed by atoms with Gasteiger partial charge in [-0.2, -0.15) is 0 Å². The second-order valence-corrected chi connectivity index (χ2v) is 4.22. The van der Waals surface area contributed by atoms with E-state index >= 15 is 0 Å². The molecule has 0 aliphatic rings. The highest BCUT2D eigenvalue weighted by Crippen LogP contribution is 2.20. The number of hydrogen-bond donors (Lipinski definition) is 2.